The smallest absolute Gasteiger partial charge is 0.304 e. The summed E-state index contributed by atoms with van der Waals surface area (Å²) in [4.78, 5) is 65.2. The fourth-order valence-electron chi connectivity index (χ4n) is 18.3. The molecule has 0 heterocycles. The molecule has 0 aliphatic heterocycles. The Morgan fingerprint density at radius 2 is 0.322 bits per heavy atom. The molecule has 0 saturated carbocycles. The molecule has 1 N–H and O–H groups in total. The number of benzene rings is 15. The van der Waals surface area contributed by atoms with Crippen LogP contribution in [0.4, 0.5) is 0 Å². The van der Waals surface area contributed by atoms with E-state index >= 15 is 0 Å². The van der Waals surface area contributed by atoms with Crippen molar-refractivity contribution in [1.82, 2.24) is 0 Å². The Morgan fingerprint density at radius 1 is 0.203 bits per heavy atom. The van der Waals surface area contributed by atoms with Crippen LogP contribution in [-0.2, 0) is 47.7 Å². The molecule has 15 aromatic rings. The largest absolute Gasteiger partial charge is 0.497 e. The van der Waals surface area contributed by atoms with Gasteiger partial charge in [-0.05, 0) is 162 Å². The van der Waals surface area contributed by atoms with Crippen LogP contribution in [0.1, 0.15) is 176 Å². The number of carboxylic acid groups (broad SMARTS) is 1. The normalized spacial score (nSPS) is 11.5. The van der Waals surface area contributed by atoms with E-state index in [1.165, 1.54) is 0 Å². The molecule has 736 valence electrons. The first-order valence-electron chi connectivity index (χ1n) is 48.9. The number of aliphatic carboxylic acids is 1. The average Bonchev–Trinajstić information content (AvgIpc) is 0.775. The predicted molar refractivity (Wildman–Crippen MR) is 599 cm³/mol. The molecule has 0 fully saturated rings. The highest BCUT2D eigenvalue weighted by Crippen LogP contribution is 2.55. The molecule has 0 spiro atoms. The van der Waals surface area contributed by atoms with Crippen molar-refractivity contribution in [3.8, 4) is 28.7 Å². The topological polar surface area (TPSA) is 152 Å². The quantitative estimate of drug-likeness (QED) is 0.0360. The summed E-state index contributed by atoms with van der Waals surface area (Å²) in [6.45, 7) is 10.6. The summed E-state index contributed by atoms with van der Waals surface area (Å²) in [5, 5.41) is 9.16. The first kappa shape index (κ1) is 109. The predicted octanol–water partition coefficient (Wildman–Crippen LogP) is 30.4. The molecule has 0 saturated heterocycles. The van der Waals surface area contributed by atoms with E-state index in [4.69, 9.17) is 28.8 Å². The lowest BCUT2D eigenvalue weighted by Crippen LogP contribution is -2.26. The highest BCUT2D eigenvalue weighted by atomic mass is 32.2. The van der Waals surface area contributed by atoms with Crippen molar-refractivity contribution in [2.75, 3.05) is 64.3 Å². The molecule has 0 aromatic heterocycles. The summed E-state index contributed by atoms with van der Waals surface area (Å²) in [5.41, 5.74) is 17.1. The van der Waals surface area contributed by atoms with Gasteiger partial charge in [-0.2, -0.15) is 0 Å². The fraction of sp³-hybridized carbons (Fsp3) is 0.252. The molecule has 11 nitrogen and oxygen atoms in total. The second-order valence-corrected chi connectivity index (χ2v) is 42.6. The SMILES string of the molecule is CC(C)C.COc1ccc(C(SCCC(=O)CC(C)CC(=O)CCSC(c2ccccc2)(c2ccccc2)c2ccc(OC)cc2)(c2ccccc2)c2ccccc2)cc1.COc1ccc(C(SCCC(=O)CC(C)CC(=O)CCSC(c2ccccc2)(c2ccccc2)c2ccc(OC)cc2)(c2ccccc2)c2ccccc2)cc1.COc1ccc(C(SCCC(=O)O)(c2ccccc2)c2ccccc2)cc1. The molecule has 0 atom stereocenters. The molecule has 0 unspecified atom stereocenters. The minimum atomic E-state index is -0.785. The molecule has 16 heteroatoms. The van der Waals surface area contributed by atoms with E-state index in [0.717, 1.165) is 118 Å². The number of ketones is 4. The van der Waals surface area contributed by atoms with Crippen LogP contribution in [-0.4, -0.2) is 98.5 Å². The molecular weight excluding hydrogens is 1860 g/mol. The van der Waals surface area contributed by atoms with Crippen LogP contribution in [0.15, 0.2) is 425 Å². The van der Waals surface area contributed by atoms with Gasteiger partial charge in [-0.15, -0.1) is 58.8 Å². The Bertz CT molecular complexity index is 5480. The van der Waals surface area contributed by atoms with Crippen molar-refractivity contribution in [1.29, 1.82) is 0 Å². The maximum atomic E-state index is 13.5. The van der Waals surface area contributed by atoms with E-state index in [-0.39, 0.29) is 41.4 Å². The van der Waals surface area contributed by atoms with Gasteiger partial charge in [-0.3, -0.25) is 24.0 Å². The third kappa shape index (κ3) is 29.1. The van der Waals surface area contributed by atoms with Crippen molar-refractivity contribution in [3.05, 3.63) is 508 Å². The first-order chi connectivity index (χ1) is 69.7. The van der Waals surface area contributed by atoms with Gasteiger partial charge in [0.1, 0.15) is 51.9 Å². The van der Waals surface area contributed by atoms with Crippen molar-refractivity contribution in [2.24, 2.45) is 17.8 Å². The van der Waals surface area contributed by atoms with E-state index in [2.05, 4.69) is 300 Å². The third-order valence-electron chi connectivity index (χ3n) is 25.0. The number of Topliss-reactive ketones (excluding diaryl/α,β-unsaturated/α-hetero) is 4. The Balaban J connectivity index is 0.000000198. The first-order valence-corrected chi connectivity index (χ1v) is 53.9. The lowest BCUT2D eigenvalue weighted by atomic mass is 9.84. The zero-order chi connectivity index (χ0) is 101. The zero-order valence-corrected chi connectivity index (χ0v) is 87.7. The van der Waals surface area contributed by atoms with E-state index < -0.39 is 29.7 Å². The number of carbonyl (C=O) groups is 5. The van der Waals surface area contributed by atoms with Crippen molar-refractivity contribution < 1.29 is 52.8 Å². The molecule has 15 aromatic carbocycles. The second kappa shape index (κ2) is 55.7. The van der Waals surface area contributed by atoms with Crippen molar-refractivity contribution >= 4 is 87.9 Å². The lowest BCUT2D eigenvalue weighted by Gasteiger charge is -2.35. The molecular formula is C127H132O11S5. The van der Waals surface area contributed by atoms with Gasteiger partial charge in [0.05, 0.1) is 65.7 Å². The second-order valence-electron chi connectivity index (χ2n) is 36.0. The van der Waals surface area contributed by atoms with Gasteiger partial charge in [0.2, 0.25) is 0 Å². The van der Waals surface area contributed by atoms with E-state index in [0.29, 0.717) is 80.1 Å². The van der Waals surface area contributed by atoms with E-state index in [1.807, 2.05) is 159 Å². The number of carboxylic acids is 1. The van der Waals surface area contributed by atoms with Crippen LogP contribution in [0.25, 0.3) is 0 Å². The summed E-state index contributed by atoms with van der Waals surface area (Å²) in [6, 6.07) is 146. The molecule has 0 amide bonds. The van der Waals surface area contributed by atoms with Crippen LogP contribution in [0.5, 0.6) is 28.7 Å². The molecule has 0 radical (unpaired) electrons. The highest BCUT2D eigenvalue weighted by Gasteiger charge is 2.43. The van der Waals surface area contributed by atoms with Gasteiger partial charge in [0.25, 0.3) is 0 Å². The number of ether oxygens (including phenoxy) is 5. The van der Waals surface area contributed by atoms with E-state index in [1.54, 1.807) is 94.4 Å². The van der Waals surface area contributed by atoms with Crippen LogP contribution >= 0.6 is 58.8 Å². The number of carbonyl (C=O) groups excluding carboxylic acids is 4. The van der Waals surface area contributed by atoms with Gasteiger partial charge in [0.15, 0.2) is 0 Å². The van der Waals surface area contributed by atoms with Gasteiger partial charge >= 0.3 is 5.97 Å². The Labute approximate surface area is 869 Å². The Hall–Kier alpha value is -12.8. The molecule has 0 aliphatic rings. The van der Waals surface area contributed by atoms with Gasteiger partial charge < -0.3 is 28.8 Å². The summed E-state index contributed by atoms with van der Waals surface area (Å²) >= 11 is 8.78. The van der Waals surface area contributed by atoms with Gasteiger partial charge in [0, 0.05) is 80.1 Å². The summed E-state index contributed by atoms with van der Waals surface area (Å²) in [5.74, 6) is 7.77. The van der Waals surface area contributed by atoms with E-state index in [9.17, 15) is 24.0 Å². The lowest BCUT2D eigenvalue weighted by molar-refractivity contribution is -0.136. The van der Waals surface area contributed by atoms with Crippen molar-refractivity contribution in [3.63, 3.8) is 0 Å². The number of methoxy groups -OCH3 is 5. The maximum absolute atomic E-state index is 13.5. The van der Waals surface area contributed by atoms with Crippen LogP contribution in [0.3, 0.4) is 0 Å². The third-order valence-corrected chi connectivity index (χ3v) is 32.8. The number of hydrogen-bond acceptors (Lipinski definition) is 15. The Morgan fingerprint density at radius 3 is 0.441 bits per heavy atom. The van der Waals surface area contributed by atoms with Crippen LogP contribution in [0.2, 0.25) is 0 Å². The van der Waals surface area contributed by atoms with Gasteiger partial charge in [-0.25, -0.2) is 0 Å². The number of rotatable bonds is 48. The molecule has 0 bridgehead atoms. The summed E-state index contributed by atoms with van der Waals surface area (Å²) in [7, 11) is 8.36. The molecule has 15 rings (SSSR count). The number of hydrogen-bond donors (Lipinski definition) is 1. The standard InChI is InChI=1S/2C50H50O4S2.C23H22O3S.C4H10/c2*1-38(36-45(51)32-34-55-49(39-16-8-4-9-17-39,40-18-10-5-11-19-40)43-24-28-47(53-2)29-25-43)37-46(52)33-35-56-50(41-20-12-6-13-21-41,42-22-14-7-15-23-42)44-26-30-48(54-3)31-27-44;1-26-21-14-12-20(13-15-21)23(27-17-16-22(24)25,18-8-4-2-5-9-18)19-10-6-3-7-11-19;1-4(2)3/h2*4-31,38H,32-37H2,1-3H3;2-15H,16-17H2,1H3,(H,24,25);4H,1-3H3. The van der Waals surface area contributed by atoms with Crippen LogP contribution in [0, 0.1) is 17.8 Å². The minimum absolute atomic E-state index is 0.0332. The average molecular weight is 1990 g/mol. The van der Waals surface area contributed by atoms with Gasteiger partial charge in [-0.1, -0.05) is 399 Å². The van der Waals surface area contributed by atoms with Crippen molar-refractivity contribution in [2.45, 2.75) is 116 Å². The highest BCUT2D eigenvalue weighted by molar-refractivity contribution is 8.01. The maximum Gasteiger partial charge on any atom is 0.304 e. The monoisotopic (exact) mass is 1990 g/mol. The zero-order valence-electron chi connectivity index (χ0n) is 83.6. The fourth-order valence-corrected chi connectivity index (χ4v) is 25.9. The minimum Gasteiger partial charge on any atom is -0.497 e. The summed E-state index contributed by atoms with van der Waals surface area (Å²) < 4.78 is 24.7. The summed E-state index contributed by atoms with van der Waals surface area (Å²) in [6.07, 6.45) is 3.35. The molecule has 0 aliphatic carbocycles. The van der Waals surface area contributed by atoms with Crippen LogP contribution < -0.4 is 23.7 Å². The molecule has 143 heavy (non-hydrogen) atoms. The Kier molecular flexibility index (Phi) is 42.5. The number of thioether (sulfide) groups is 5.